The van der Waals surface area contributed by atoms with Gasteiger partial charge in [0.25, 0.3) is 15.9 Å². The molecule has 0 bridgehead atoms. The maximum atomic E-state index is 12.9. The Kier molecular flexibility index (Phi) is 6.48. The van der Waals surface area contributed by atoms with E-state index in [0.717, 1.165) is 21.0 Å². The molecule has 3 aromatic rings. The first-order valence-electron chi connectivity index (χ1n) is 9.37. The van der Waals surface area contributed by atoms with E-state index in [-0.39, 0.29) is 21.4 Å². The number of anilines is 1. The SMILES string of the molecule is Cc1ccc(S(=O)(=O)N(C)c2ccc(Cl)c(C(=O)NCc3cccc(C)c3)c2)cc1. The van der Waals surface area contributed by atoms with Crippen molar-refractivity contribution in [2.45, 2.75) is 25.3 Å². The van der Waals surface area contributed by atoms with Crippen molar-refractivity contribution in [2.24, 2.45) is 0 Å². The first kappa shape index (κ1) is 21.9. The van der Waals surface area contributed by atoms with Gasteiger partial charge >= 0.3 is 0 Å². The molecule has 0 fully saturated rings. The molecule has 0 unspecified atom stereocenters. The van der Waals surface area contributed by atoms with Gasteiger partial charge in [0.2, 0.25) is 0 Å². The molecule has 0 aromatic heterocycles. The average Bonchev–Trinajstić information content (AvgIpc) is 2.72. The molecule has 0 aliphatic carbocycles. The number of hydrogen-bond donors (Lipinski definition) is 1. The van der Waals surface area contributed by atoms with E-state index >= 15 is 0 Å². The number of hydrogen-bond acceptors (Lipinski definition) is 3. The monoisotopic (exact) mass is 442 g/mol. The van der Waals surface area contributed by atoms with Crippen LogP contribution in [0.1, 0.15) is 27.0 Å². The number of nitrogens with one attached hydrogen (secondary N) is 1. The maximum absolute atomic E-state index is 12.9. The molecule has 0 saturated carbocycles. The number of rotatable bonds is 6. The van der Waals surface area contributed by atoms with E-state index in [9.17, 15) is 13.2 Å². The number of carbonyl (C=O) groups excluding carboxylic acids is 1. The normalized spacial score (nSPS) is 11.2. The van der Waals surface area contributed by atoms with E-state index in [4.69, 9.17) is 11.6 Å². The van der Waals surface area contributed by atoms with Gasteiger partial charge in [0.15, 0.2) is 0 Å². The van der Waals surface area contributed by atoms with Gasteiger partial charge in [-0.25, -0.2) is 8.42 Å². The van der Waals surface area contributed by atoms with Crippen LogP contribution in [0.3, 0.4) is 0 Å². The van der Waals surface area contributed by atoms with Crippen LogP contribution in [0.25, 0.3) is 0 Å². The molecule has 0 atom stereocenters. The van der Waals surface area contributed by atoms with Gasteiger partial charge < -0.3 is 5.32 Å². The molecule has 5 nitrogen and oxygen atoms in total. The molecule has 156 valence electrons. The van der Waals surface area contributed by atoms with Gasteiger partial charge in [0, 0.05) is 13.6 Å². The Morgan fingerprint density at radius 1 is 0.967 bits per heavy atom. The van der Waals surface area contributed by atoms with Crippen LogP contribution in [-0.4, -0.2) is 21.4 Å². The van der Waals surface area contributed by atoms with Crippen LogP contribution in [0, 0.1) is 13.8 Å². The number of sulfonamides is 1. The minimum atomic E-state index is -3.77. The molecule has 1 amide bonds. The third kappa shape index (κ3) is 4.83. The van der Waals surface area contributed by atoms with Gasteiger partial charge in [0.1, 0.15) is 0 Å². The second kappa shape index (κ2) is 8.90. The summed E-state index contributed by atoms with van der Waals surface area (Å²) in [7, 11) is -2.31. The quantitative estimate of drug-likeness (QED) is 0.601. The van der Waals surface area contributed by atoms with Gasteiger partial charge in [-0.2, -0.15) is 0 Å². The highest BCUT2D eigenvalue weighted by molar-refractivity contribution is 7.92. The molecule has 0 aliphatic heterocycles. The Labute approximate surface area is 182 Å². The van der Waals surface area contributed by atoms with Crippen LogP contribution in [-0.2, 0) is 16.6 Å². The van der Waals surface area contributed by atoms with Crippen LogP contribution >= 0.6 is 11.6 Å². The van der Waals surface area contributed by atoms with E-state index in [1.54, 1.807) is 30.3 Å². The van der Waals surface area contributed by atoms with E-state index in [2.05, 4.69) is 5.32 Å². The maximum Gasteiger partial charge on any atom is 0.264 e. The summed E-state index contributed by atoms with van der Waals surface area (Å²) in [6.45, 7) is 4.22. The number of halogens is 1. The summed E-state index contributed by atoms with van der Waals surface area (Å²) in [5.74, 6) is -0.371. The fraction of sp³-hybridized carbons (Fsp3) is 0.174. The predicted octanol–water partition coefficient (Wildman–Crippen LogP) is 4.71. The molecule has 0 spiro atoms. The van der Waals surface area contributed by atoms with Gasteiger partial charge in [-0.3, -0.25) is 9.10 Å². The van der Waals surface area contributed by atoms with Gasteiger partial charge in [0.05, 0.1) is 21.2 Å². The van der Waals surface area contributed by atoms with Crippen LogP contribution in [0.15, 0.2) is 71.6 Å². The summed E-state index contributed by atoms with van der Waals surface area (Å²) in [5.41, 5.74) is 3.60. The second-order valence-corrected chi connectivity index (χ2v) is 9.50. The van der Waals surface area contributed by atoms with Crippen molar-refractivity contribution < 1.29 is 13.2 Å². The van der Waals surface area contributed by atoms with Crippen LogP contribution in [0.2, 0.25) is 5.02 Å². The largest absolute Gasteiger partial charge is 0.348 e. The van der Waals surface area contributed by atoms with E-state index in [1.807, 2.05) is 38.1 Å². The van der Waals surface area contributed by atoms with Crippen molar-refractivity contribution in [1.82, 2.24) is 5.32 Å². The molecule has 3 aromatic carbocycles. The van der Waals surface area contributed by atoms with Crippen molar-refractivity contribution in [2.75, 3.05) is 11.4 Å². The standard InChI is InChI=1S/C23H23ClN2O3S/c1-16-7-10-20(11-8-16)30(28,29)26(3)19-9-12-22(24)21(14-19)23(27)25-15-18-6-4-5-17(2)13-18/h4-14H,15H2,1-3H3,(H,25,27). The lowest BCUT2D eigenvalue weighted by Crippen LogP contribution is -2.27. The van der Waals surface area contributed by atoms with Crippen LogP contribution < -0.4 is 9.62 Å². The highest BCUT2D eigenvalue weighted by Gasteiger charge is 2.22. The van der Waals surface area contributed by atoms with Gasteiger partial charge in [-0.05, 0) is 49.7 Å². The van der Waals surface area contributed by atoms with E-state index in [1.165, 1.54) is 19.2 Å². The zero-order chi connectivity index (χ0) is 21.9. The van der Waals surface area contributed by atoms with E-state index < -0.39 is 10.0 Å². The molecule has 0 aliphatic rings. The topological polar surface area (TPSA) is 66.5 Å². The lowest BCUT2D eigenvalue weighted by Gasteiger charge is -2.20. The van der Waals surface area contributed by atoms with E-state index in [0.29, 0.717) is 12.2 Å². The van der Waals surface area contributed by atoms with Crippen LogP contribution in [0.4, 0.5) is 5.69 Å². The Hall–Kier alpha value is -2.83. The Morgan fingerprint density at radius 2 is 1.67 bits per heavy atom. The highest BCUT2D eigenvalue weighted by atomic mass is 35.5. The molecule has 0 saturated heterocycles. The second-order valence-electron chi connectivity index (χ2n) is 7.12. The lowest BCUT2D eigenvalue weighted by molar-refractivity contribution is 0.0951. The molecule has 30 heavy (non-hydrogen) atoms. The Morgan fingerprint density at radius 3 is 2.33 bits per heavy atom. The van der Waals surface area contributed by atoms with Crippen molar-refractivity contribution in [3.05, 3.63) is 94.0 Å². The molecule has 0 radical (unpaired) electrons. The third-order valence-electron chi connectivity index (χ3n) is 4.77. The molecule has 1 N–H and O–H groups in total. The summed E-state index contributed by atoms with van der Waals surface area (Å²) in [4.78, 5) is 12.9. The van der Waals surface area contributed by atoms with Crippen molar-refractivity contribution in [1.29, 1.82) is 0 Å². The Bertz CT molecular complexity index is 1180. The molecular weight excluding hydrogens is 420 g/mol. The predicted molar refractivity (Wildman–Crippen MR) is 121 cm³/mol. The highest BCUT2D eigenvalue weighted by Crippen LogP contribution is 2.27. The van der Waals surface area contributed by atoms with Crippen LogP contribution in [0.5, 0.6) is 0 Å². The average molecular weight is 443 g/mol. The zero-order valence-corrected chi connectivity index (χ0v) is 18.6. The first-order chi connectivity index (χ1) is 14.2. The van der Waals surface area contributed by atoms with Crippen molar-refractivity contribution in [3.63, 3.8) is 0 Å². The summed E-state index contributed by atoms with van der Waals surface area (Å²) in [6.07, 6.45) is 0. The van der Waals surface area contributed by atoms with Gasteiger partial charge in [-0.15, -0.1) is 0 Å². The number of nitrogens with zero attached hydrogens (tertiary/aromatic N) is 1. The molecule has 7 heteroatoms. The van der Waals surface area contributed by atoms with Crippen molar-refractivity contribution in [3.8, 4) is 0 Å². The Balaban J connectivity index is 1.83. The van der Waals surface area contributed by atoms with Gasteiger partial charge in [-0.1, -0.05) is 59.1 Å². The number of carbonyl (C=O) groups is 1. The molecule has 0 heterocycles. The van der Waals surface area contributed by atoms with Crippen molar-refractivity contribution >= 4 is 33.2 Å². The fourth-order valence-electron chi connectivity index (χ4n) is 2.99. The summed E-state index contributed by atoms with van der Waals surface area (Å²) in [5, 5.41) is 3.09. The third-order valence-corrected chi connectivity index (χ3v) is 6.90. The molecule has 3 rings (SSSR count). The fourth-order valence-corrected chi connectivity index (χ4v) is 4.38. The summed E-state index contributed by atoms with van der Waals surface area (Å²) < 4.78 is 27.0. The first-order valence-corrected chi connectivity index (χ1v) is 11.2. The summed E-state index contributed by atoms with van der Waals surface area (Å²) >= 11 is 6.22. The minimum Gasteiger partial charge on any atom is -0.348 e. The number of aryl methyl sites for hydroxylation is 2. The number of benzene rings is 3. The molecular formula is C23H23ClN2O3S. The zero-order valence-electron chi connectivity index (χ0n) is 17.0. The summed E-state index contributed by atoms with van der Waals surface area (Å²) in [6, 6.07) is 19.0. The minimum absolute atomic E-state index is 0.177. The number of amides is 1. The lowest BCUT2D eigenvalue weighted by atomic mass is 10.1. The smallest absolute Gasteiger partial charge is 0.264 e.